The predicted octanol–water partition coefficient (Wildman–Crippen LogP) is 0.974. The molecule has 0 fully saturated rings. The number of nitrogens with zero attached hydrogens (tertiary/aromatic N) is 2. The van der Waals surface area contributed by atoms with Crippen LogP contribution in [0.2, 0.25) is 0 Å². The molecule has 0 saturated heterocycles. The first-order chi connectivity index (χ1) is 6.39. The minimum absolute atomic E-state index is 0.0832. The van der Waals surface area contributed by atoms with Crippen LogP contribution in [0.4, 0.5) is 13.2 Å². The Morgan fingerprint density at radius 1 is 1.43 bits per heavy atom. The van der Waals surface area contributed by atoms with Gasteiger partial charge < -0.3 is 5.73 Å². The summed E-state index contributed by atoms with van der Waals surface area (Å²) in [4.78, 5) is 6.63. The summed E-state index contributed by atoms with van der Waals surface area (Å²) in [5.41, 5.74) is 4.08. The Labute approximate surface area is 77.5 Å². The van der Waals surface area contributed by atoms with E-state index in [0.29, 0.717) is 0 Å². The smallest absolute Gasteiger partial charge is 0.387 e. The van der Waals surface area contributed by atoms with Crippen LogP contribution < -0.4 is 5.73 Å². The van der Waals surface area contributed by atoms with Gasteiger partial charge in [0.05, 0.1) is 11.5 Å². The summed E-state index contributed by atoms with van der Waals surface area (Å²) in [6.07, 6.45) is -3.79. The molecule has 1 rings (SSSR count). The summed E-state index contributed by atoms with van der Waals surface area (Å²) in [7, 11) is 0. The number of rotatable bonds is 2. The fourth-order valence-electron chi connectivity index (χ4n) is 0.844. The van der Waals surface area contributed by atoms with Crippen molar-refractivity contribution in [3.8, 4) is 0 Å². The van der Waals surface area contributed by atoms with Crippen molar-refractivity contribution in [3.05, 3.63) is 23.8 Å². The second-order valence-corrected chi connectivity index (χ2v) is 2.59. The van der Waals surface area contributed by atoms with E-state index in [9.17, 15) is 13.2 Å². The molecule has 1 aromatic heterocycles. The molecule has 1 heterocycles. The molecule has 76 valence electrons. The zero-order valence-electron chi connectivity index (χ0n) is 6.97. The van der Waals surface area contributed by atoms with Gasteiger partial charge in [0.25, 0.3) is 0 Å². The number of hydrogen-bond donors (Lipinski definition) is 2. The molecule has 0 bridgehead atoms. The van der Waals surface area contributed by atoms with Crippen LogP contribution in [0.25, 0.3) is 0 Å². The molecule has 4 nitrogen and oxygen atoms in total. The van der Waals surface area contributed by atoms with E-state index < -0.39 is 11.9 Å². The van der Waals surface area contributed by atoms with E-state index in [-0.39, 0.29) is 18.0 Å². The first-order valence-electron chi connectivity index (χ1n) is 3.60. The number of hydrogen-bond acceptors (Lipinski definition) is 3. The highest BCUT2D eigenvalue weighted by Crippen LogP contribution is 2.27. The van der Waals surface area contributed by atoms with Gasteiger partial charge in [0.15, 0.2) is 0 Å². The van der Waals surface area contributed by atoms with E-state index in [1.807, 2.05) is 0 Å². The molecule has 0 amide bonds. The van der Waals surface area contributed by atoms with Crippen molar-refractivity contribution < 1.29 is 13.2 Å². The molecule has 0 unspecified atom stereocenters. The van der Waals surface area contributed by atoms with Crippen molar-refractivity contribution >= 4 is 5.84 Å². The molecular formula is C7H7F3N4. The number of nitrogens with two attached hydrogens (primary N) is 1. The Morgan fingerprint density at radius 2 is 2.07 bits per heavy atom. The Kier molecular flexibility index (Phi) is 2.68. The summed E-state index contributed by atoms with van der Waals surface area (Å²) in [6.45, 7) is 0. The predicted molar refractivity (Wildman–Crippen MR) is 42.7 cm³/mol. The first kappa shape index (κ1) is 10.4. The molecular weight excluding hydrogens is 197 g/mol. The monoisotopic (exact) mass is 204 g/mol. The Bertz CT molecular complexity index is 347. The second kappa shape index (κ2) is 3.60. The lowest BCUT2D eigenvalue weighted by molar-refractivity contribution is -0.141. The van der Waals surface area contributed by atoms with Crippen LogP contribution in [-0.4, -0.2) is 15.8 Å². The van der Waals surface area contributed by atoms with Crippen molar-refractivity contribution in [1.29, 1.82) is 5.41 Å². The highest BCUT2D eigenvalue weighted by atomic mass is 19.4. The zero-order chi connectivity index (χ0) is 10.8. The number of nitrogens with one attached hydrogen (secondary N) is 1. The molecule has 1 aromatic rings. The van der Waals surface area contributed by atoms with Gasteiger partial charge in [-0.15, -0.1) is 0 Å². The molecule has 0 atom stereocenters. The third-order valence-electron chi connectivity index (χ3n) is 1.39. The zero-order valence-corrected chi connectivity index (χ0v) is 6.97. The number of aromatic nitrogens is 2. The highest BCUT2D eigenvalue weighted by Gasteiger charge is 2.32. The summed E-state index contributed by atoms with van der Waals surface area (Å²) in [5, 5.41) is 6.89. The molecule has 0 aliphatic rings. The number of amidine groups is 1. The van der Waals surface area contributed by atoms with Crippen LogP contribution in [0.1, 0.15) is 11.4 Å². The summed E-state index contributed by atoms with van der Waals surface area (Å²) < 4.78 is 36.4. The van der Waals surface area contributed by atoms with E-state index in [1.165, 1.54) is 0 Å². The second-order valence-electron chi connectivity index (χ2n) is 2.59. The van der Waals surface area contributed by atoms with Crippen molar-refractivity contribution in [2.24, 2.45) is 5.73 Å². The molecule has 0 saturated carbocycles. The van der Waals surface area contributed by atoms with E-state index >= 15 is 0 Å². The third-order valence-corrected chi connectivity index (χ3v) is 1.39. The van der Waals surface area contributed by atoms with E-state index in [4.69, 9.17) is 11.1 Å². The van der Waals surface area contributed by atoms with E-state index in [0.717, 1.165) is 12.4 Å². The quantitative estimate of drug-likeness (QED) is 0.556. The van der Waals surface area contributed by atoms with Gasteiger partial charge in [-0.2, -0.15) is 13.2 Å². The van der Waals surface area contributed by atoms with Gasteiger partial charge in [0.2, 0.25) is 0 Å². The lowest BCUT2D eigenvalue weighted by Gasteiger charge is -2.05. The van der Waals surface area contributed by atoms with E-state index in [1.54, 1.807) is 0 Å². The molecule has 0 spiro atoms. The Balaban J connectivity index is 2.95. The van der Waals surface area contributed by atoms with Gasteiger partial charge in [0.1, 0.15) is 12.0 Å². The van der Waals surface area contributed by atoms with Crippen molar-refractivity contribution in [2.45, 2.75) is 12.6 Å². The highest BCUT2D eigenvalue weighted by molar-refractivity contribution is 5.78. The lowest BCUT2D eigenvalue weighted by Crippen LogP contribution is -2.15. The van der Waals surface area contributed by atoms with E-state index in [2.05, 4.69) is 9.97 Å². The topological polar surface area (TPSA) is 75.7 Å². The normalized spacial score (nSPS) is 11.4. The standard InChI is InChI=1S/C7H7F3N4/c8-7(9,10)5-1-4(2-6(11)12)13-3-14-5/h1,3H,2H2,(H3,11,12). The maximum atomic E-state index is 12.1. The van der Waals surface area contributed by atoms with Crippen molar-refractivity contribution in [2.75, 3.05) is 0 Å². The summed E-state index contributed by atoms with van der Waals surface area (Å²) in [6, 6.07) is 0.779. The number of alkyl halides is 3. The lowest BCUT2D eigenvalue weighted by atomic mass is 10.2. The van der Waals surface area contributed by atoms with Gasteiger partial charge in [-0.3, -0.25) is 5.41 Å². The minimum Gasteiger partial charge on any atom is -0.387 e. The maximum absolute atomic E-state index is 12.1. The van der Waals surface area contributed by atoms with Crippen LogP contribution in [0.15, 0.2) is 12.4 Å². The molecule has 3 N–H and O–H groups in total. The van der Waals surface area contributed by atoms with Gasteiger partial charge in [-0.1, -0.05) is 0 Å². The SMILES string of the molecule is N=C(N)Cc1cc(C(F)(F)F)ncn1. The van der Waals surface area contributed by atoms with Gasteiger partial charge in [-0.05, 0) is 6.07 Å². The van der Waals surface area contributed by atoms with Crippen LogP contribution in [0, 0.1) is 5.41 Å². The molecule has 7 heteroatoms. The van der Waals surface area contributed by atoms with Crippen molar-refractivity contribution in [1.82, 2.24) is 9.97 Å². The average molecular weight is 204 g/mol. The van der Waals surface area contributed by atoms with Crippen LogP contribution in [-0.2, 0) is 12.6 Å². The van der Waals surface area contributed by atoms with Crippen LogP contribution in [0.5, 0.6) is 0 Å². The number of halogens is 3. The van der Waals surface area contributed by atoms with Gasteiger partial charge >= 0.3 is 6.18 Å². The minimum atomic E-state index is -4.49. The summed E-state index contributed by atoms with van der Waals surface area (Å²) in [5.74, 6) is -0.239. The van der Waals surface area contributed by atoms with Gasteiger partial charge in [-0.25, -0.2) is 9.97 Å². The fraction of sp³-hybridized carbons (Fsp3) is 0.286. The van der Waals surface area contributed by atoms with Crippen LogP contribution >= 0.6 is 0 Å². The van der Waals surface area contributed by atoms with Crippen molar-refractivity contribution in [3.63, 3.8) is 0 Å². The third kappa shape index (κ3) is 2.68. The Hall–Kier alpha value is -1.66. The molecule has 0 aromatic carbocycles. The molecule has 0 aliphatic carbocycles. The molecule has 0 aliphatic heterocycles. The largest absolute Gasteiger partial charge is 0.433 e. The van der Waals surface area contributed by atoms with Crippen LogP contribution in [0.3, 0.4) is 0 Å². The average Bonchev–Trinajstić information content (AvgIpc) is 2.01. The fourth-order valence-corrected chi connectivity index (χ4v) is 0.844. The maximum Gasteiger partial charge on any atom is 0.433 e. The molecule has 0 radical (unpaired) electrons. The summed E-state index contributed by atoms with van der Waals surface area (Å²) >= 11 is 0. The Morgan fingerprint density at radius 3 is 2.57 bits per heavy atom. The molecule has 14 heavy (non-hydrogen) atoms. The van der Waals surface area contributed by atoms with Gasteiger partial charge in [0, 0.05) is 6.42 Å². The first-order valence-corrected chi connectivity index (χ1v) is 3.60.